The van der Waals surface area contributed by atoms with Crippen LogP contribution in [0.25, 0.3) is 0 Å². The fraction of sp³-hybridized carbons (Fsp3) is 0.583. The van der Waals surface area contributed by atoms with Gasteiger partial charge in [-0.2, -0.15) is 0 Å². The lowest BCUT2D eigenvalue weighted by atomic mass is 9.85. The highest BCUT2D eigenvalue weighted by Gasteiger charge is 2.52. The minimum atomic E-state index is -3.75. The van der Waals surface area contributed by atoms with E-state index in [1.165, 1.54) is 6.07 Å². The zero-order valence-corrected chi connectivity index (χ0v) is 12.8. The number of hydrogen-bond donors (Lipinski definition) is 2. The predicted molar refractivity (Wildman–Crippen MR) is 75.4 cm³/mol. The summed E-state index contributed by atoms with van der Waals surface area (Å²) >= 11 is 7.01. The van der Waals surface area contributed by atoms with Crippen molar-refractivity contribution in [3.8, 4) is 0 Å². The number of fused-ring (bicyclic) bond motifs is 2. The molecule has 110 valence electrons. The minimum Gasteiger partial charge on any atom is -0.481 e. The number of thiophene rings is 1. The van der Waals surface area contributed by atoms with Crippen molar-refractivity contribution in [2.75, 3.05) is 0 Å². The van der Waals surface area contributed by atoms with Gasteiger partial charge in [0.2, 0.25) is 10.0 Å². The molecule has 5 nitrogen and oxygen atoms in total. The maximum Gasteiger partial charge on any atom is 0.308 e. The molecule has 4 atom stereocenters. The van der Waals surface area contributed by atoms with Crippen LogP contribution in [0.3, 0.4) is 0 Å². The topological polar surface area (TPSA) is 83.5 Å². The van der Waals surface area contributed by atoms with Crippen molar-refractivity contribution in [1.82, 2.24) is 4.72 Å². The van der Waals surface area contributed by atoms with Crippen molar-refractivity contribution >= 4 is 38.9 Å². The molecule has 2 bridgehead atoms. The number of rotatable bonds is 4. The molecule has 0 aromatic carbocycles. The fourth-order valence-corrected chi connectivity index (χ4v) is 6.41. The largest absolute Gasteiger partial charge is 0.481 e. The Morgan fingerprint density at radius 2 is 2.10 bits per heavy atom. The highest BCUT2D eigenvalue weighted by molar-refractivity contribution is 7.89. The third-order valence-corrected chi connectivity index (χ3v) is 7.28. The summed E-state index contributed by atoms with van der Waals surface area (Å²) < 4.78 is 27.4. The van der Waals surface area contributed by atoms with Crippen LogP contribution in [0.2, 0.25) is 4.34 Å². The smallest absolute Gasteiger partial charge is 0.308 e. The Morgan fingerprint density at radius 3 is 2.70 bits per heavy atom. The average molecular weight is 336 g/mol. The second-order valence-electron chi connectivity index (χ2n) is 5.40. The summed E-state index contributed by atoms with van der Waals surface area (Å²) in [4.78, 5) is 11.4. The second kappa shape index (κ2) is 4.98. The summed E-state index contributed by atoms with van der Waals surface area (Å²) in [7, 11) is -3.75. The molecule has 0 amide bonds. The Hall–Kier alpha value is -0.630. The van der Waals surface area contributed by atoms with Gasteiger partial charge in [0, 0.05) is 6.04 Å². The van der Waals surface area contributed by atoms with Crippen molar-refractivity contribution in [3.05, 3.63) is 15.8 Å². The molecule has 0 aliphatic heterocycles. The van der Waals surface area contributed by atoms with Gasteiger partial charge in [0.25, 0.3) is 0 Å². The van der Waals surface area contributed by atoms with Gasteiger partial charge in [-0.05, 0) is 42.5 Å². The van der Waals surface area contributed by atoms with E-state index < -0.39 is 28.0 Å². The van der Waals surface area contributed by atoms with Gasteiger partial charge in [0.05, 0.1) is 5.92 Å². The van der Waals surface area contributed by atoms with Gasteiger partial charge in [-0.15, -0.1) is 11.3 Å². The molecule has 20 heavy (non-hydrogen) atoms. The first-order valence-electron chi connectivity index (χ1n) is 6.38. The van der Waals surface area contributed by atoms with E-state index in [-0.39, 0.29) is 21.1 Å². The van der Waals surface area contributed by atoms with E-state index in [2.05, 4.69) is 4.72 Å². The van der Waals surface area contributed by atoms with Crippen LogP contribution >= 0.6 is 22.9 Å². The van der Waals surface area contributed by atoms with Crippen molar-refractivity contribution < 1.29 is 18.3 Å². The Kier molecular flexibility index (Phi) is 3.56. The molecule has 2 fully saturated rings. The summed E-state index contributed by atoms with van der Waals surface area (Å²) in [6, 6.07) is 0.922. The van der Waals surface area contributed by atoms with Gasteiger partial charge in [0.15, 0.2) is 0 Å². The lowest BCUT2D eigenvalue weighted by molar-refractivity contribution is -0.144. The van der Waals surface area contributed by atoms with Gasteiger partial charge in [-0.1, -0.05) is 11.6 Å². The van der Waals surface area contributed by atoms with Crippen LogP contribution in [0.15, 0.2) is 16.3 Å². The van der Waals surface area contributed by atoms with Gasteiger partial charge < -0.3 is 5.11 Å². The Labute approximate surface area is 126 Å². The van der Waals surface area contributed by atoms with Gasteiger partial charge >= 0.3 is 5.97 Å². The molecule has 1 aromatic rings. The number of nitrogens with one attached hydrogen (secondary N) is 1. The van der Waals surface area contributed by atoms with E-state index >= 15 is 0 Å². The first-order chi connectivity index (χ1) is 9.40. The van der Waals surface area contributed by atoms with Crippen LogP contribution in [-0.4, -0.2) is 25.5 Å². The summed E-state index contributed by atoms with van der Waals surface area (Å²) in [5.41, 5.74) is 0. The van der Waals surface area contributed by atoms with Crippen molar-refractivity contribution in [2.24, 2.45) is 17.8 Å². The molecular weight excluding hydrogens is 322 g/mol. The van der Waals surface area contributed by atoms with Crippen molar-refractivity contribution in [1.29, 1.82) is 0 Å². The number of carboxylic acid groups (broad SMARTS) is 1. The predicted octanol–water partition coefficient (Wildman–Crippen LogP) is 2.18. The van der Waals surface area contributed by atoms with E-state index in [4.69, 9.17) is 11.6 Å². The Bertz CT molecular complexity index is 642. The van der Waals surface area contributed by atoms with Gasteiger partial charge in [0.1, 0.15) is 9.23 Å². The molecule has 8 heteroatoms. The second-order valence-corrected chi connectivity index (χ2v) is 8.60. The highest BCUT2D eigenvalue weighted by atomic mass is 35.5. The molecule has 0 saturated heterocycles. The highest BCUT2D eigenvalue weighted by Crippen LogP contribution is 2.49. The van der Waals surface area contributed by atoms with Crippen molar-refractivity contribution in [3.63, 3.8) is 0 Å². The monoisotopic (exact) mass is 335 g/mol. The number of sulfonamides is 1. The average Bonchev–Trinajstić information content (AvgIpc) is 3.02. The van der Waals surface area contributed by atoms with E-state index in [1.807, 2.05) is 0 Å². The number of aliphatic carboxylic acids is 1. The lowest BCUT2D eigenvalue weighted by Crippen LogP contribution is -2.46. The summed E-state index contributed by atoms with van der Waals surface area (Å²) in [5.74, 6) is -1.33. The molecule has 3 rings (SSSR count). The molecular formula is C12H14ClNO4S2. The summed E-state index contributed by atoms with van der Waals surface area (Å²) in [5, 5.41) is 10.9. The zero-order chi connectivity index (χ0) is 14.5. The van der Waals surface area contributed by atoms with E-state index in [0.29, 0.717) is 0 Å². The SMILES string of the molecule is O=C(O)[C@H]1[C@@H]2CC[C@@H](C2)[C@H]1NS(=O)(=O)c1ccsc1Cl. The maximum absolute atomic E-state index is 12.3. The molecule has 0 unspecified atom stereocenters. The van der Waals surface area contributed by atoms with E-state index in [9.17, 15) is 18.3 Å². The molecule has 2 aliphatic carbocycles. The molecule has 0 radical (unpaired) electrons. The molecule has 2 saturated carbocycles. The summed E-state index contributed by atoms with van der Waals surface area (Å²) in [6.07, 6.45) is 2.56. The standard InChI is InChI=1S/C12H14ClNO4S2/c13-11-8(3-4-19-11)20(17,18)14-10-7-2-1-6(5-7)9(10)12(15)16/h3-4,6-7,9-10,14H,1-2,5H2,(H,15,16)/t6-,7+,9+,10-/m1/s1. The van der Waals surface area contributed by atoms with Crippen LogP contribution in [0.1, 0.15) is 19.3 Å². The molecule has 2 aliphatic rings. The number of halogens is 1. The first kappa shape index (κ1) is 14.3. The number of hydrogen-bond acceptors (Lipinski definition) is 4. The number of carboxylic acids is 1. The summed E-state index contributed by atoms with van der Waals surface area (Å²) in [6.45, 7) is 0. The quantitative estimate of drug-likeness (QED) is 0.883. The molecule has 2 N–H and O–H groups in total. The molecule has 0 spiro atoms. The first-order valence-corrected chi connectivity index (χ1v) is 9.12. The van der Waals surface area contributed by atoms with Gasteiger partial charge in [-0.25, -0.2) is 13.1 Å². The minimum absolute atomic E-state index is 0.0380. The third kappa shape index (κ3) is 2.26. The van der Waals surface area contributed by atoms with Crippen molar-refractivity contribution in [2.45, 2.75) is 30.2 Å². The van der Waals surface area contributed by atoms with Gasteiger partial charge in [-0.3, -0.25) is 4.79 Å². The normalized spacial score (nSPS) is 32.6. The van der Waals surface area contributed by atoms with E-state index in [1.54, 1.807) is 5.38 Å². The number of carbonyl (C=O) groups is 1. The lowest BCUT2D eigenvalue weighted by Gasteiger charge is -2.28. The fourth-order valence-electron chi connectivity index (χ4n) is 3.53. The maximum atomic E-state index is 12.3. The van der Waals surface area contributed by atoms with Crippen LogP contribution in [0, 0.1) is 17.8 Å². The van der Waals surface area contributed by atoms with Crippen LogP contribution < -0.4 is 4.72 Å². The third-order valence-electron chi connectivity index (χ3n) is 4.37. The zero-order valence-electron chi connectivity index (χ0n) is 10.5. The van der Waals surface area contributed by atoms with Crippen LogP contribution in [0.5, 0.6) is 0 Å². The molecule has 1 heterocycles. The van der Waals surface area contributed by atoms with E-state index in [0.717, 1.165) is 30.6 Å². The Morgan fingerprint density at radius 1 is 1.40 bits per heavy atom. The molecule has 1 aromatic heterocycles. The van der Waals surface area contributed by atoms with Crippen LogP contribution in [0.4, 0.5) is 0 Å². The Balaban J connectivity index is 1.87. The van der Waals surface area contributed by atoms with Crippen LogP contribution in [-0.2, 0) is 14.8 Å².